The molecule has 2 N–H and O–H groups in total. The molecule has 9 heteroatoms. The summed E-state index contributed by atoms with van der Waals surface area (Å²) in [5.74, 6) is -0.438. The highest BCUT2D eigenvalue weighted by molar-refractivity contribution is 7.13. The van der Waals surface area contributed by atoms with Gasteiger partial charge >= 0.3 is 0 Å². The number of hydrogen-bond donors (Lipinski definition) is 2. The zero-order valence-electron chi connectivity index (χ0n) is 14.8. The molecule has 0 aliphatic carbocycles. The first-order valence-corrected chi connectivity index (χ1v) is 9.14. The van der Waals surface area contributed by atoms with Crippen molar-refractivity contribution in [3.63, 3.8) is 0 Å². The topological polar surface area (TPSA) is 101 Å². The number of carbonyl (C=O) groups excluding carboxylic acids is 2. The van der Waals surface area contributed by atoms with Crippen molar-refractivity contribution in [1.29, 1.82) is 0 Å². The molecule has 2 amide bonds. The second-order valence-electron chi connectivity index (χ2n) is 6.38. The smallest absolute Gasteiger partial charge is 0.257 e. The Kier molecular flexibility index (Phi) is 5.27. The molecule has 0 aliphatic rings. The predicted molar refractivity (Wildman–Crippen MR) is 99.2 cm³/mol. The largest absolute Gasteiger partial charge is 0.340 e. The third kappa shape index (κ3) is 4.05. The first-order valence-electron chi connectivity index (χ1n) is 8.26. The lowest BCUT2D eigenvalue weighted by Crippen LogP contribution is -2.44. The van der Waals surface area contributed by atoms with Crippen LogP contribution in [0.3, 0.4) is 0 Å². The van der Waals surface area contributed by atoms with Gasteiger partial charge in [0.25, 0.3) is 5.91 Å². The molecule has 1 atom stereocenters. The van der Waals surface area contributed by atoms with E-state index in [0.717, 1.165) is 5.69 Å². The van der Waals surface area contributed by atoms with Gasteiger partial charge in [-0.15, -0.1) is 11.3 Å². The normalized spacial score (nSPS) is 12.3. The summed E-state index contributed by atoms with van der Waals surface area (Å²) in [6.45, 7) is 5.84. The minimum absolute atomic E-state index is 0.228. The van der Waals surface area contributed by atoms with Gasteiger partial charge in [0, 0.05) is 23.5 Å². The standard InChI is InChI=1S/C17H20N6O2S/c1-10(2)8-13(16(25)22-17-18-5-7-26-17)21-15(24)12-9-19-23-6-4-11(3)20-14(12)23/h4-7,9-10,13H,8H2,1-3H3,(H,21,24)(H,18,22,25). The van der Waals surface area contributed by atoms with Crippen molar-refractivity contribution in [2.24, 2.45) is 5.92 Å². The maximum atomic E-state index is 12.7. The molecule has 3 rings (SSSR count). The molecule has 0 saturated heterocycles. The van der Waals surface area contributed by atoms with Gasteiger partial charge in [-0.3, -0.25) is 9.59 Å². The Morgan fingerprint density at radius 1 is 1.35 bits per heavy atom. The van der Waals surface area contributed by atoms with Crippen molar-refractivity contribution in [2.45, 2.75) is 33.2 Å². The summed E-state index contributed by atoms with van der Waals surface area (Å²) < 4.78 is 1.54. The average molecular weight is 372 g/mol. The molecule has 8 nitrogen and oxygen atoms in total. The molecule has 0 radical (unpaired) electrons. The van der Waals surface area contributed by atoms with Crippen LogP contribution in [0.25, 0.3) is 5.65 Å². The van der Waals surface area contributed by atoms with Gasteiger partial charge in [0.1, 0.15) is 11.6 Å². The molecule has 0 spiro atoms. The minimum Gasteiger partial charge on any atom is -0.340 e. The Balaban J connectivity index is 1.79. The minimum atomic E-state index is -0.675. The molecule has 3 heterocycles. The lowest BCUT2D eigenvalue weighted by atomic mass is 10.0. The van der Waals surface area contributed by atoms with E-state index in [4.69, 9.17) is 0 Å². The summed E-state index contributed by atoms with van der Waals surface area (Å²) >= 11 is 1.33. The summed E-state index contributed by atoms with van der Waals surface area (Å²) in [5.41, 5.74) is 1.59. The van der Waals surface area contributed by atoms with E-state index in [1.807, 2.05) is 26.8 Å². The number of nitrogens with zero attached hydrogens (tertiary/aromatic N) is 4. The summed E-state index contributed by atoms with van der Waals surface area (Å²) in [4.78, 5) is 33.7. The number of fused-ring (bicyclic) bond motifs is 1. The van der Waals surface area contributed by atoms with Gasteiger partial charge in [0.2, 0.25) is 5.91 Å². The summed E-state index contributed by atoms with van der Waals surface area (Å²) in [6.07, 6.45) is 5.33. The molecule has 3 aromatic heterocycles. The van der Waals surface area contributed by atoms with Crippen molar-refractivity contribution in [1.82, 2.24) is 24.9 Å². The highest BCUT2D eigenvalue weighted by Crippen LogP contribution is 2.14. The van der Waals surface area contributed by atoms with Crippen LogP contribution in [-0.2, 0) is 4.79 Å². The van der Waals surface area contributed by atoms with Crippen LogP contribution in [-0.4, -0.2) is 37.4 Å². The molecule has 0 fully saturated rings. The first-order chi connectivity index (χ1) is 12.4. The number of aromatic nitrogens is 4. The number of carbonyl (C=O) groups is 2. The first kappa shape index (κ1) is 18.0. The number of aryl methyl sites for hydroxylation is 1. The lowest BCUT2D eigenvalue weighted by Gasteiger charge is -2.19. The zero-order valence-corrected chi connectivity index (χ0v) is 15.6. The van der Waals surface area contributed by atoms with E-state index in [0.29, 0.717) is 22.8 Å². The summed E-state index contributed by atoms with van der Waals surface area (Å²) in [5, 5.41) is 12.0. The van der Waals surface area contributed by atoms with Crippen molar-refractivity contribution < 1.29 is 9.59 Å². The second-order valence-corrected chi connectivity index (χ2v) is 7.27. The van der Waals surface area contributed by atoms with Crippen LogP contribution in [0.4, 0.5) is 5.13 Å². The maximum Gasteiger partial charge on any atom is 0.257 e. The molecule has 136 valence electrons. The van der Waals surface area contributed by atoms with Gasteiger partial charge in [0.15, 0.2) is 10.8 Å². The molecule has 3 aromatic rings. The zero-order chi connectivity index (χ0) is 18.7. The molecular weight excluding hydrogens is 352 g/mol. The molecule has 26 heavy (non-hydrogen) atoms. The highest BCUT2D eigenvalue weighted by Gasteiger charge is 2.25. The van der Waals surface area contributed by atoms with Gasteiger partial charge in [-0.05, 0) is 25.3 Å². The van der Waals surface area contributed by atoms with Gasteiger partial charge in [-0.2, -0.15) is 5.10 Å². The fourth-order valence-electron chi connectivity index (χ4n) is 2.54. The van der Waals surface area contributed by atoms with Crippen molar-refractivity contribution in [3.8, 4) is 0 Å². The van der Waals surface area contributed by atoms with E-state index in [1.54, 1.807) is 17.8 Å². The van der Waals surface area contributed by atoms with Crippen LogP contribution in [0, 0.1) is 12.8 Å². The molecule has 0 aliphatic heterocycles. The number of nitrogens with one attached hydrogen (secondary N) is 2. The molecule has 0 aromatic carbocycles. The number of amides is 2. The van der Waals surface area contributed by atoms with Crippen molar-refractivity contribution >= 4 is 33.9 Å². The number of anilines is 1. The third-order valence-corrected chi connectivity index (χ3v) is 4.43. The third-order valence-electron chi connectivity index (χ3n) is 3.74. The molecule has 0 bridgehead atoms. The summed E-state index contributed by atoms with van der Waals surface area (Å²) in [7, 11) is 0. The van der Waals surface area contributed by atoms with Crippen molar-refractivity contribution in [3.05, 3.63) is 41.3 Å². The summed E-state index contributed by atoms with van der Waals surface area (Å²) in [6, 6.07) is 1.14. The Bertz CT molecular complexity index is 919. The monoisotopic (exact) mass is 372 g/mol. The van der Waals surface area contributed by atoms with E-state index in [1.165, 1.54) is 22.0 Å². The Hall–Kier alpha value is -2.81. The lowest BCUT2D eigenvalue weighted by molar-refractivity contribution is -0.118. The quantitative estimate of drug-likeness (QED) is 0.691. The van der Waals surface area contributed by atoms with E-state index in [-0.39, 0.29) is 17.7 Å². The molecular formula is C17H20N6O2S. The van der Waals surface area contributed by atoms with Gasteiger partial charge in [0.05, 0.1) is 6.20 Å². The van der Waals surface area contributed by atoms with Crippen molar-refractivity contribution in [2.75, 3.05) is 5.32 Å². The number of hydrogen-bond acceptors (Lipinski definition) is 6. The number of rotatable bonds is 6. The Morgan fingerprint density at radius 2 is 2.15 bits per heavy atom. The van der Waals surface area contributed by atoms with Crippen LogP contribution < -0.4 is 10.6 Å². The van der Waals surface area contributed by atoms with Gasteiger partial charge < -0.3 is 10.6 Å². The maximum absolute atomic E-state index is 12.7. The van der Waals surface area contributed by atoms with E-state index in [2.05, 4.69) is 25.7 Å². The van der Waals surface area contributed by atoms with E-state index >= 15 is 0 Å². The fraction of sp³-hybridized carbons (Fsp3) is 0.353. The van der Waals surface area contributed by atoms with Crippen LogP contribution in [0.1, 0.15) is 36.3 Å². The predicted octanol–water partition coefficient (Wildman–Crippen LogP) is 2.28. The van der Waals surface area contributed by atoms with Crippen LogP contribution >= 0.6 is 11.3 Å². The van der Waals surface area contributed by atoms with Crippen LogP contribution in [0.2, 0.25) is 0 Å². The van der Waals surface area contributed by atoms with E-state index in [9.17, 15) is 9.59 Å². The highest BCUT2D eigenvalue weighted by atomic mass is 32.1. The fourth-order valence-corrected chi connectivity index (χ4v) is 3.07. The van der Waals surface area contributed by atoms with Crippen LogP contribution in [0.15, 0.2) is 30.0 Å². The Morgan fingerprint density at radius 3 is 2.85 bits per heavy atom. The molecule has 1 unspecified atom stereocenters. The molecule has 0 saturated carbocycles. The SMILES string of the molecule is Cc1ccn2ncc(C(=O)NC(CC(C)C)C(=O)Nc3nccs3)c2n1. The van der Waals surface area contributed by atoms with Crippen LogP contribution in [0.5, 0.6) is 0 Å². The van der Waals surface area contributed by atoms with E-state index < -0.39 is 6.04 Å². The van der Waals surface area contributed by atoms with Gasteiger partial charge in [-0.25, -0.2) is 14.5 Å². The van der Waals surface area contributed by atoms with Gasteiger partial charge in [-0.1, -0.05) is 13.8 Å². The average Bonchev–Trinajstić information content (AvgIpc) is 3.22. The second kappa shape index (κ2) is 7.61. The Labute approximate surface area is 154 Å². The number of thiazole rings is 1.